The fourth-order valence-corrected chi connectivity index (χ4v) is 8.78. The van der Waals surface area contributed by atoms with E-state index in [0.717, 1.165) is 29.9 Å². The van der Waals surface area contributed by atoms with Gasteiger partial charge in [-0.05, 0) is 113 Å². The Kier molecular flexibility index (Phi) is 8.38. The van der Waals surface area contributed by atoms with E-state index in [0.29, 0.717) is 0 Å². The molecule has 2 heterocycles. The van der Waals surface area contributed by atoms with Crippen LogP contribution >= 0.6 is 11.3 Å². The van der Waals surface area contributed by atoms with Gasteiger partial charge in [-0.25, -0.2) is 0 Å². The molecule has 8 rings (SSSR count). The summed E-state index contributed by atoms with van der Waals surface area (Å²) >= 11 is 1.82. The van der Waals surface area contributed by atoms with Gasteiger partial charge < -0.3 is 9.47 Å². The van der Waals surface area contributed by atoms with Crippen LogP contribution in [0.1, 0.15) is 76.6 Å². The fraction of sp³-hybridized carbons (Fsp3) is 0.224. The maximum atomic E-state index is 4.36. The zero-order valence-electron chi connectivity index (χ0n) is 31.5. The Balaban J connectivity index is 1.36. The van der Waals surface area contributed by atoms with Crippen molar-refractivity contribution in [1.82, 2.24) is 4.57 Å². The molecule has 1 aliphatic carbocycles. The Labute approximate surface area is 312 Å². The van der Waals surface area contributed by atoms with Gasteiger partial charge >= 0.3 is 0 Å². The van der Waals surface area contributed by atoms with Gasteiger partial charge in [0.25, 0.3) is 0 Å². The van der Waals surface area contributed by atoms with E-state index in [9.17, 15) is 0 Å². The van der Waals surface area contributed by atoms with Gasteiger partial charge in [0.15, 0.2) is 0 Å². The lowest BCUT2D eigenvalue weighted by Gasteiger charge is -2.27. The number of hydrogen-bond donors (Lipinski definition) is 0. The first-order valence-electron chi connectivity index (χ1n) is 18.5. The van der Waals surface area contributed by atoms with Crippen LogP contribution in [0.3, 0.4) is 0 Å². The predicted octanol–water partition coefficient (Wildman–Crippen LogP) is 12.9. The highest BCUT2D eigenvalue weighted by Crippen LogP contribution is 2.44. The zero-order chi connectivity index (χ0) is 36.4. The zero-order valence-corrected chi connectivity index (χ0v) is 32.4. The topological polar surface area (TPSA) is 8.17 Å². The molecule has 52 heavy (non-hydrogen) atoms. The summed E-state index contributed by atoms with van der Waals surface area (Å²) in [5, 5.41) is 7.47. The molecule has 0 saturated carbocycles. The minimum absolute atomic E-state index is 0.0535. The highest BCUT2D eigenvalue weighted by atomic mass is 32.1. The van der Waals surface area contributed by atoms with Gasteiger partial charge in [0, 0.05) is 48.5 Å². The Bertz CT molecular complexity index is 2620. The van der Waals surface area contributed by atoms with Gasteiger partial charge in [-0.2, -0.15) is 0 Å². The molecule has 0 fully saturated rings. The highest BCUT2D eigenvalue weighted by Gasteiger charge is 2.23. The lowest BCUT2D eigenvalue weighted by molar-refractivity contribution is 0.590. The standard InChI is InChI=1S/C49H48N2S/c1-9-38-40(39-18-11-10-15-32(39)2)26-27-44-47(38)41-19-12-13-20-43(41)51(44)37-17-14-16-36(30-37)50(35-24-21-33(22-25-35)48(3,4)5)45-31-52-46-28-23-34(29-42(45)46)49(6,7)8/h9-11,14-31H,1,12-13H2,2-8H3. The van der Waals surface area contributed by atoms with Crippen LogP contribution < -0.4 is 15.5 Å². The highest BCUT2D eigenvalue weighted by molar-refractivity contribution is 7.17. The fourth-order valence-electron chi connectivity index (χ4n) is 7.88. The van der Waals surface area contributed by atoms with Crippen LogP contribution in [-0.4, -0.2) is 4.57 Å². The van der Waals surface area contributed by atoms with Crippen molar-refractivity contribution in [1.29, 1.82) is 0 Å². The summed E-state index contributed by atoms with van der Waals surface area (Å²) in [6.07, 6.45) is 8.98. The molecule has 0 N–H and O–H groups in total. The molecule has 7 aromatic rings. The van der Waals surface area contributed by atoms with E-state index in [1.807, 2.05) is 11.3 Å². The molecule has 1 aliphatic rings. The number of anilines is 3. The number of thiophene rings is 1. The van der Waals surface area contributed by atoms with Gasteiger partial charge in [-0.3, -0.25) is 0 Å². The molecule has 0 unspecified atom stereocenters. The van der Waals surface area contributed by atoms with E-state index in [2.05, 4.69) is 191 Å². The van der Waals surface area contributed by atoms with E-state index in [-0.39, 0.29) is 10.8 Å². The van der Waals surface area contributed by atoms with E-state index in [1.54, 1.807) is 0 Å². The minimum atomic E-state index is 0.0535. The molecule has 0 aliphatic heterocycles. The molecule has 0 amide bonds. The molecule has 2 nitrogen and oxygen atoms in total. The van der Waals surface area contributed by atoms with Crippen LogP contribution in [0.4, 0.5) is 17.1 Å². The Morgan fingerprint density at radius 3 is 2.17 bits per heavy atom. The first-order valence-corrected chi connectivity index (χ1v) is 19.4. The van der Waals surface area contributed by atoms with Crippen LogP contribution in [-0.2, 0) is 10.8 Å². The van der Waals surface area contributed by atoms with Crippen molar-refractivity contribution in [3.05, 3.63) is 148 Å². The molecule has 0 saturated heterocycles. The lowest BCUT2D eigenvalue weighted by Crippen LogP contribution is -2.30. The predicted molar refractivity (Wildman–Crippen MR) is 228 cm³/mol. The number of benzene rings is 5. The SMILES string of the molecule is C=Cc1c(-c2ccccc2C)ccc2c1c1c(n2-c2cccc(N(c3ccc(C(C)(C)C)cc3)c3csc4ccc(C(C)(C)C)cc34)c2)=CCCC=1. The van der Waals surface area contributed by atoms with E-state index >= 15 is 0 Å². The molecule has 0 radical (unpaired) electrons. The smallest absolute Gasteiger partial charge is 0.0647 e. The number of fused-ring (bicyclic) bond motifs is 4. The monoisotopic (exact) mass is 696 g/mol. The summed E-state index contributed by atoms with van der Waals surface area (Å²) < 4.78 is 3.77. The molecule has 2 aromatic heterocycles. The van der Waals surface area contributed by atoms with E-state index < -0.39 is 0 Å². The second kappa shape index (κ2) is 12.8. The third kappa shape index (κ3) is 5.82. The molecule has 3 heteroatoms. The van der Waals surface area contributed by atoms with E-state index in [1.165, 1.54) is 70.6 Å². The quantitative estimate of drug-likeness (QED) is 0.168. The molecule has 0 atom stereocenters. The number of rotatable bonds is 6. The van der Waals surface area contributed by atoms with Gasteiger partial charge in [0.05, 0.1) is 11.2 Å². The third-order valence-electron chi connectivity index (χ3n) is 10.7. The summed E-state index contributed by atoms with van der Waals surface area (Å²) in [7, 11) is 0. The Morgan fingerprint density at radius 1 is 0.712 bits per heavy atom. The number of aromatic nitrogens is 1. The summed E-state index contributed by atoms with van der Waals surface area (Å²) in [4.78, 5) is 2.46. The van der Waals surface area contributed by atoms with Crippen molar-refractivity contribution in [2.24, 2.45) is 0 Å². The van der Waals surface area contributed by atoms with Crippen molar-refractivity contribution in [2.75, 3.05) is 4.90 Å². The molecule has 260 valence electrons. The summed E-state index contributed by atoms with van der Waals surface area (Å²) in [5.41, 5.74) is 13.6. The van der Waals surface area contributed by atoms with Gasteiger partial charge in [-0.1, -0.05) is 121 Å². The van der Waals surface area contributed by atoms with E-state index in [4.69, 9.17) is 0 Å². The van der Waals surface area contributed by atoms with Gasteiger partial charge in [-0.15, -0.1) is 11.3 Å². The number of aryl methyl sites for hydroxylation is 1. The second-order valence-electron chi connectivity index (χ2n) is 16.3. The Morgan fingerprint density at radius 2 is 1.44 bits per heavy atom. The molecule has 0 bridgehead atoms. The Hall–Kier alpha value is -5.12. The number of nitrogens with zero attached hydrogens (tertiary/aromatic N) is 2. The van der Waals surface area contributed by atoms with Crippen molar-refractivity contribution in [3.63, 3.8) is 0 Å². The first kappa shape index (κ1) is 34.0. The van der Waals surface area contributed by atoms with Crippen LogP contribution in [0, 0.1) is 6.92 Å². The van der Waals surface area contributed by atoms with Crippen molar-refractivity contribution < 1.29 is 0 Å². The number of hydrogen-bond acceptors (Lipinski definition) is 2. The second-order valence-corrected chi connectivity index (χ2v) is 17.2. The van der Waals surface area contributed by atoms with Crippen molar-refractivity contribution >= 4 is 67.6 Å². The van der Waals surface area contributed by atoms with Gasteiger partial charge in [0.1, 0.15) is 0 Å². The summed E-state index contributed by atoms with van der Waals surface area (Å²) in [6.45, 7) is 20.3. The molecule has 5 aromatic carbocycles. The van der Waals surface area contributed by atoms with Crippen molar-refractivity contribution in [2.45, 2.75) is 72.1 Å². The maximum absolute atomic E-state index is 4.36. The van der Waals surface area contributed by atoms with Crippen LogP contribution in [0.15, 0.2) is 115 Å². The van der Waals surface area contributed by atoms with Crippen LogP contribution in [0.5, 0.6) is 0 Å². The van der Waals surface area contributed by atoms with Gasteiger partial charge in [0.2, 0.25) is 0 Å². The summed E-state index contributed by atoms with van der Waals surface area (Å²) in [5.74, 6) is 0. The van der Waals surface area contributed by atoms with Crippen LogP contribution in [0.25, 0.3) is 56.0 Å². The first-order chi connectivity index (χ1) is 24.9. The average Bonchev–Trinajstić information content (AvgIpc) is 3.70. The largest absolute Gasteiger partial charge is 0.309 e. The minimum Gasteiger partial charge on any atom is -0.309 e. The average molecular weight is 697 g/mol. The van der Waals surface area contributed by atoms with Crippen molar-refractivity contribution in [3.8, 4) is 16.8 Å². The van der Waals surface area contributed by atoms with Crippen LogP contribution in [0.2, 0.25) is 0 Å². The third-order valence-corrected chi connectivity index (χ3v) is 11.7. The normalized spacial score (nSPS) is 13.1. The maximum Gasteiger partial charge on any atom is 0.0647 e. The summed E-state index contributed by atoms with van der Waals surface area (Å²) in [6, 6.07) is 38.6. The molecular formula is C49H48N2S. The molecular weight excluding hydrogens is 649 g/mol. The lowest BCUT2D eigenvalue weighted by atomic mass is 9.86. The molecule has 0 spiro atoms.